The van der Waals surface area contributed by atoms with E-state index in [1.54, 1.807) is 19.1 Å². The summed E-state index contributed by atoms with van der Waals surface area (Å²) >= 11 is 0. The summed E-state index contributed by atoms with van der Waals surface area (Å²) in [5.74, 6) is -0.523. The molecule has 1 unspecified atom stereocenters. The van der Waals surface area contributed by atoms with Gasteiger partial charge in [0.25, 0.3) is 5.91 Å². The van der Waals surface area contributed by atoms with Gasteiger partial charge in [-0.25, -0.2) is 0 Å². The molecule has 0 saturated heterocycles. The van der Waals surface area contributed by atoms with Crippen LogP contribution in [0.3, 0.4) is 0 Å². The number of carbonyl (C=O) groups excluding carboxylic acids is 2. The van der Waals surface area contributed by atoms with Crippen molar-refractivity contribution in [1.82, 2.24) is 10.6 Å². The lowest BCUT2D eigenvalue weighted by atomic mass is 10.1. The topological polar surface area (TPSA) is 83.4 Å². The Morgan fingerprint density at radius 1 is 1.17 bits per heavy atom. The highest BCUT2D eigenvalue weighted by molar-refractivity contribution is 6.00. The van der Waals surface area contributed by atoms with Gasteiger partial charge in [0.05, 0.1) is 6.26 Å². The first kappa shape index (κ1) is 16.8. The first-order chi connectivity index (χ1) is 11.1. The standard InChI is InChI=1S/C17H21N3O3/c1-3-18-11-13-7-4-5-8-14(13)20-16(21)12(2)19-17(22)15-9-6-10-23-15/h4-10,12,18H,3,11H2,1-2H3,(H,19,22)(H,20,21). The minimum Gasteiger partial charge on any atom is -0.459 e. The Balaban J connectivity index is 1.97. The van der Waals surface area contributed by atoms with Gasteiger partial charge in [-0.15, -0.1) is 0 Å². The molecule has 122 valence electrons. The maximum absolute atomic E-state index is 12.3. The van der Waals surface area contributed by atoms with Crippen LogP contribution in [0.5, 0.6) is 0 Å². The zero-order chi connectivity index (χ0) is 16.7. The van der Waals surface area contributed by atoms with Crippen molar-refractivity contribution in [3.63, 3.8) is 0 Å². The highest BCUT2D eigenvalue weighted by Gasteiger charge is 2.18. The van der Waals surface area contributed by atoms with E-state index in [1.807, 2.05) is 31.2 Å². The lowest BCUT2D eigenvalue weighted by Crippen LogP contribution is -2.41. The normalized spacial score (nSPS) is 11.7. The van der Waals surface area contributed by atoms with Crippen molar-refractivity contribution in [2.45, 2.75) is 26.4 Å². The summed E-state index contributed by atoms with van der Waals surface area (Å²) in [7, 11) is 0. The predicted molar refractivity (Wildman–Crippen MR) is 88.1 cm³/mol. The van der Waals surface area contributed by atoms with Crippen LogP contribution in [0.4, 0.5) is 5.69 Å². The number of furan rings is 1. The van der Waals surface area contributed by atoms with Gasteiger partial charge < -0.3 is 20.4 Å². The van der Waals surface area contributed by atoms with Crippen LogP contribution in [0.25, 0.3) is 0 Å². The van der Waals surface area contributed by atoms with Gasteiger partial charge in [-0.3, -0.25) is 9.59 Å². The number of rotatable bonds is 7. The third kappa shape index (κ3) is 4.69. The molecule has 1 aromatic heterocycles. The molecule has 0 bridgehead atoms. The van der Waals surface area contributed by atoms with Crippen LogP contribution in [0, 0.1) is 0 Å². The summed E-state index contributed by atoms with van der Waals surface area (Å²) in [6.45, 7) is 5.16. The molecule has 6 nitrogen and oxygen atoms in total. The molecule has 23 heavy (non-hydrogen) atoms. The number of anilines is 1. The molecule has 0 aliphatic carbocycles. The fraction of sp³-hybridized carbons (Fsp3) is 0.294. The molecular weight excluding hydrogens is 294 g/mol. The molecule has 0 fully saturated rings. The van der Waals surface area contributed by atoms with Crippen LogP contribution in [0.2, 0.25) is 0 Å². The molecule has 1 atom stereocenters. The largest absolute Gasteiger partial charge is 0.459 e. The summed E-state index contributed by atoms with van der Waals surface area (Å²) in [5.41, 5.74) is 1.73. The maximum Gasteiger partial charge on any atom is 0.287 e. The third-order valence-electron chi connectivity index (χ3n) is 3.33. The van der Waals surface area contributed by atoms with Crippen molar-refractivity contribution in [3.05, 3.63) is 54.0 Å². The van der Waals surface area contributed by atoms with E-state index in [9.17, 15) is 9.59 Å². The summed E-state index contributed by atoms with van der Waals surface area (Å²) in [6.07, 6.45) is 1.41. The predicted octanol–water partition coefficient (Wildman–Crippen LogP) is 2.15. The Morgan fingerprint density at radius 3 is 2.65 bits per heavy atom. The highest BCUT2D eigenvalue weighted by Crippen LogP contribution is 2.15. The number of hydrogen-bond donors (Lipinski definition) is 3. The molecule has 6 heteroatoms. The SMILES string of the molecule is CCNCc1ccccc1NC(=O)C(C)NC(=O)c1ccco1. The zero-order valence-corrected chi connectivity index (χ0v) is 13.3. The number of para-hydroxylation sites is 1. The summed E-state index contributed by atoms with van der Waals surface area (Å²) < 4.78 is 5.01. The Labute approximate surface area is 135 Å². The minimum absolute atomic E-state index is 0.178. The van der Waals surface area contributed by atoms with E-state index >= 15 is 0 Å². The van der Waals surface area contributed by atoms with Gasteiger partial charge in [-0.05, 0) is 37.2 Å². The number of benzene rings is 1. The lowest BCUT2D eigenvalue weighted by Gasteiger charge is -2.16. The second kappa shape index (κ2) is 8.14. The molecule has 0 radical (unpaired) electrons. The second-order valence-electron chi connectivity index (χ2n) is 5.10. The van der Waals surface area contributed by atoms with Crippen LogP contribution in [-0.2, 0) is 11.3 Å². The fourth-order valence-corrected chi connectivity index (χ4v) is 2.04. The van der Waals surface area contributed by atoms with Crippen LogP contribution in [-0.4, -0.2) is 24.4 Å². The Kier molecular flexibility index (Phi) is 5.94. The average Bonchev–Trinajstić information content (AvgIpc) is 3.08. The highest BCUT2D eigenvalue weighted by atomic mass is 16.3. The number of hydrogen-bond acceptors (Lipinski definition) is 4. The van der Waals surface area contributed by atoms with Gasteiger partial charge in [0.1, 0.15) is 6.04 Å². The molecule has 0 aliphatic rings. The van der Waals surface area contributed by atoms with Gasteiger partial charge in [0, 0.05) is 12.2 Å². The molecule has 2 aromatic rings. The Morgan fingerprint density at radius 2 is 1.96 bits per heavy atom. The second-order valence-corrected chi connectivity index (χ2v) is 5.10. The van der Waals surface area contributed by atoms with E-state index in [1.165, 1.54) is 6.26 Å². The summed E-state index contributed by atoms with van der Waals surface area (Å²) in [4.78, 5) is 24.2. The third-order valence-corrected chi connectivity index (χ3v) is 3.33. The Hall–Kier alpha value is -2.60. The first-order valence-electron chi connectivity index (χ1n) is 7.55. The van der Waals surface area contributed by atoms with E-state index in [-0.39, 0.29) is 11.7 Å². The van der Waals surface area contributed by atoms with E-state index < -0.39 is 11.9 Å². The monoisotopic (exact) mass is 315 g/mol. The number of nitrogens with one attached hydrogen (secondary N) is 3. The molecule has 3 N–H and O–H groups in total. The van der Waals surface area contributed by atoms with Crippen molar-refractivity contribution in [2.75, 3.05) is 11.9 Å². The molecule has 1 heterocycles. The first-order valence-corrected chi connectivity index (χ1v) is 7.55. The van der Waals surface area contributed by atoms with Crippen molar-refractivity contribution < 1.29 is 14.0 Å². The van der Waals surface area contributed by atoms with E-state index in [0.29, 0.717) is 6.54 Å². The molecule has 2 rings (SSSR count). The van der Waals surface area contributed by atoms with Gasteiger partial charge in [0.15, 0.2) is 5.76 Å². The van der Waals surface area contributed by atoms with Crippen molar-refractivity contribution in [2.24, 2.45) is 0 Å². The minimum atomic E-state index is -0.681. The number of carbonyl (C=O) groups is 2. The maximum atomic E-state index is 12.3. The quantitative estimate of drug-likeness (QED) is 0.731. The molecule has 2 amide bonds. The Bertz CT molecular complexity index is 653. The van der Waals surface area contributed by atoms with E-state index in [0.717, 1.165) is 17.8 Å². The van der Waals surface area contributed by atoms with Gasteiger partial charge in [0.2, 0.25) is 5.91 Å². The van der Waals surface area contributed by atoms with Crippen molar-refractivity contribution >= 4 is 17.5 Å². The molecule has 0 aliphatic heterocycles. The summed E-state index contributed by atoms with van der Waals surface area (Å²) in [6, 6.07) is 10.1. The van der Waals surface area contributed by atoms with Crippen molar-refractivity contribution in [3.8, 4) is 0 Å². The van der Waals surface area contributed by atoms with Gasteiger partial charge in [-0.1, -0.05) is 25.1 Å². The molecular formula is C17H21N3O3. The van der Waals surface area contributed by atoms with Crippen LogP contribution in [0.1, 0.15) is 30.0 Å². The van der Waals surface area contributed by atoms with E-state index in [4.69, 9.17) is 4.42 Å². The molecule has 0 spiro atoms. The van der Waals surface area contributed by atoms with Gasteiger partial charge >= 0.3 is 0 Å². The average molecular weight is 315 g/mol. The summed E-state index contributed by atoms with van der Waals surface area (Å²) in [5, 5.41) is 8.67. The van der Waals surface area contributed by atoms with Crippen LogP contribution in [0.15, 0.2) is 47.1 Å². The van der Waals surface area contributed by atoms with Crippen molar-refractivity contribution in [1.29, 1.82) is 0 Å². The lowest BCUT2D eigenvalue weighted by molar-refractivity contribution is -0.117. The fourth-order valence-electron chi connectivity index (χ4n) is 2.04. The van der Waals surface area contributed by atoms with Crippen LogP contribution >= 0.6 is 0 Å². The molecule has 1 aromatic carbocycles. The smallest absolute Gasteiger partial charge is 0.287 e. The van der Waals surface area contributed by atoms with Crippen LogP contribution < -0.4 is 16.0 Å². The van der Waals surface area contributed by atoms with Gasteiger partial charge in [-0.2, -0.15) is 0 Å². The number of amides is 2. The zero-order valence-electron chi connectivity index (χ0n) is 13.3. The molecule has 0 saturated carbocycles. The van der Waals surface area contributed by atoms with E-state index in [2.05, 4.69) is 16.0 Å².